The molecule has 0 spiro atoms. The van der Waals surface area contributed by atoms with Crippen LogP contribution in [-0.4, -0.2) is 35.7 Å². The van der Waals surface area contributed by atoms with Gasteiger partial charge in [0, 0.05) is 13.1 Å². The summed E-state index contributed by atoms with van der Waals surface area (Å²) < 4.78 is 5.50. The van der Waals surface area contributed by atoms with Gasteiger partial charge in [0.2, 0.25) is 5.96 Å². The number of rotatable bonds is 6. The number of piperidine rings is 1. The van der Waals surface area contributed by atoms with E-state index >= 15 is 0 Å². The van der Waals surface area contributed by atoms with Crippen LogP contribution >= 0.6 is 0 Å². The Morgan fingerprint density at radius 1 is 1.03 bits per heavy atom. The molecule has 2 N–H and O–H groups in total. The highest BCUT2D eigenvalue weighted by molar-refractivity contribution is 5.84. The fraction of sp³-hybridized carbons (Fsp3) is 0.276. The fourth-order valence-corrected chi connectivity index (χ4v) is 4.84. The molecule has 0 radical (unpaired) electrons. The van der Waals surface area contributed by atoms with Crippen molar-refractivity contribution in [1.82, 2.24) is 10.2 Å². The van der Waals surface area contributed by atoms with E-state index in [1.165, 1.54) is 0 Å². The first-order chi connectivity index (χ1) is 17.6. The van der Waals surface area contributed by atoms with E-state index in [4.69, 9.17) is 4.74 Å². The largest absolute Gasteiger partial charge is 0.492 e. The molecule has 1 aliphatic rings. The number of aliphatic imine (C=N–C) groups is 1. The van der Waals surface area contributed by atoms with Crippen LogP contribution in [0.2, 0.25) is 0 Å². The summed E-state index contributed by atoms with van der Waals surface area (Å²) in [5.74, 6) is 0.917. The Balaban J connectivity index is 1.58. The zero-order valence-electron chi connectivity index (χ0n) is 20.3. The molecular weight excluding hydrogens is 450 g/mol. The summed E-state index contributed by atoms with van der Waals surface area (Å²) in [5.41, 5.74) is 1.57. The van der Waals surface area contributed by atoms with Crippen molar-refractivity contribution in [2.75, 3.05) is 19.7 Å². The van der Waals surface area contributed by atoms with E-state index in [1.807, 2.05) is 78.7 Å². The van der Waals surface area contributed by atoms with Crippen LogP contribution in [0.4, 0.5) is 5.69 Å². The average molecular weight is 480 g/mol. The lowest BCUT2D eigenvalue weighted by atomic mass is 9.72. The van der Waals surface area contributed by atoms with Crippen LogP contribution in [0, 0.1) is 28.7 Å². The van der Waals surface area contributed by atoms with E-state index in [0.29, 0.717) is 55.5 Å². The van der Waals surface area contributed by atoms with Gasteiger partial charge in [0.1, 0.15) is 17.4 Å². The van der Waals surface area contributed by atoms with Crippen molar-refractivity contribution in [3.05, 3.63) is 95.6 Å². The van der Waals surface area contributed by atoms with E-state index in [9.17, 15) is 15.6 Å². The zero-order valence-corrected chi connectivity index (χ0v) is 20.3. The summed E-state index contributed by atoms with van der Waals surface area (Å²) in [6.45, 7) is 3.55. The monoisotopic (exact) mass is 479 g/mol. The Kier molecular flexibility index (Phi) is 7.85. The van der Waals surface area contributed by atoms with Crippen LogP contribution in [0.25, 0.3) is 0 Å². The Hall–Kier alpha value is -4.33. The molecule has 0 bridgehead atoms. The number of benzene rings is 3. The highest BCUT2D eigenvalue weighted by Gasteiger charge is 2.41. The van der Waals surface area contributed by atoms with Crippen molar-refractivity contribution >= 4 is 11.6 Å². The van der Waals surface area contributed by atoms with Gasteiger partial charge >= 0.3 is 0 Å². The van der Waals surface area contributed by atoms with Gasteiger partial charge in [0.25, 0.3) is 0 Å². The van der Waals surface area contributed by atoms with Crippen LogP contribution in [-0.2, 0) is 5.60 Å². The first kappa shape index (κ1) is 24.8. The highest BCUT2D eigenvalue weighted by Crippen LogP contribution is 2.42. The van der Waals surface area contributed by atoms with E-state index in [-0.39, 0.29) is 5.92 Å². The summed E-state index contributed by atoms with van der Waals surface area (Å²) in [7, 11) is 0. The van der Waals surface area contributed by atoms with Crippen molar-refractivity contribution < 1.29 is 9.84 Å². The quantitative estimate of drug-likeness (QED) is 0.231. The molecule has 1 aliphatic heterocycles. The Labute approximate surface area is 211 Å². The molecule has 4 rings (SSSR count). The van der Waals surface area contributed by atoms with Gasteiger partial charge in [-0.1, -0.05) is 60.7 Å². The minimum Gasteiger partial charge on any atom is -0.492 e. The molecule has 3 aromatic rings. The minimum atomic E-state index is -1.12. The SMILES string of the molecule is CCOc1ccc(N=C(NC#N)N2CCC(C(O)(c3ccccc3)c3ccccc3)CC2)cc1C#N. The summed E-state index contributed by atoms with van der Waals surface area (Å²) in [6, 6.07) is 26.9. The maximum atomic E-state index is 12.1. The van der Waals surface area contributed by atoms with Crippen LogP contribution < -0.4 is 10.1 Å². The second kappa shape index (κ2) is 11.4. The Bertz CT molecular complexity index is 1230. The number of nitrogens with one attached hydrogen (secondary N) is 1. The second-order valence-corrected chi connectivity index (χ2v) is 8.66. The van der Waals surface area contributed by atoms with Crippen molar-refractivity contribution in [2.24, 2.45) is 10.9 Å². The predicted molar refractivity (Wildman–Crippen MR) is 138 cm³/mol. The second-order valence-electron chi connectivity index (χ2n) is 8.66. The zero-order chi connectivity index (χ0) is 25.4. The number of nitriles is 2. The smallest absolute Gasteiger partial charge is 0.212 e. The molecule has 1 saturated heterocycles. The molecule has 7 nitrogen and oxygen atoms in total. The third-order valence-corrected chi connectivity index (χ3v) is 6.60. The molecule has 1 heterocycles. The third-order valence-electron chi connectivity index (χ3n) is 6.60. The van der Waals surface area contributed by atoms with Gasteiger partial charge in [-0.2, -0.15) is 10.5 Å². The fourth-order valence-electron chi connectivity index (χ4n) is 4.84. The normalized spacial score (nSPS) is 14.6. The molecular formula is C29H29N5O2. The number of guanidine groups is 1. The lowest BCUT2D eigenvalue weighted by Gasteiger charge is -2.42. The molecule has 3 aromatic carbocycles. The topological polar surface area (TPSA) is 105 Å². The molecule has 0 aliphatic carbocycles. The van der Waals surface area contributed by atoms with E-state index < -0.39 is 5.60 Å². The number of hydrogen-bond acceptors (Lipinski definition) is 5. The van der Waals surface area contributed by atoms with E-state index in [1.54, 1.807) is 18.2 Å². The van der Waals surface area contributed by atoms with Gasteiger partial charge in [-0.05, 0) is 55.0 Å². The van der Waals surface area contributed by atoms with Crippen LogP contribution in [0.15, 0.2) is 83.9 Å². The first-order valence-electron chi connectivity index (χ1n) is 12.1. The van der Waals surface area contributed by atoms with Crippen LogP contribution in [0.3, 0.4) is 0 Å². The number of hydrogen-bond donors (Lipinski definition) is 2. The maximum absolute atomic E-state index is 12.1. The van der Waals surface area contributed by atoms with E-state index in [0.717, 1.165) is 11.1 Å². The number of ether oxygens (including phenoxy) is 1. The van der Waals surface area contributed by atoms with Crippen molar-refractivity contribution in [3.8, 4) is 18.0 Å². The van der Waals surface area contributed by atoms with E-state index in [2.05, 4.69) is 16.4 Å². The number of aliphatic hydroxyl groups is 1. The predicted octanol–water partition coefficient (Wildman–Crippen LogP) is 4.66. The van der Waals surface area contributed by atoms with Crippen LogP contribution in [0.5, 0.6) is 5.75 Å². The summed E-state index contributed by atoms with van der Waals surface area (Å²) >= 11 is 0. The lowest BCUT2D eigenvalue weighted by molar-refractivity contribution is -0.00676. The Morgan fingerprint density at radius 3 is 2.17 bits per heavy atom. The van der Waals surface area contributed by atoms with Crippen molar-refractivity contribution in [3.63, 3.8) is 0 Å². The van der Waals surface area contributed by atoms with Gasteiger partial charge < -0.3 is 14.7 Å². The molecule has 0 saturated carbocycles. The molecule has 182 valence electrons. The van der Waals surface area contributed by atoms with Gasteiger partial charge in [-0.25, -0.2) is 4.99 Å². The van der Waals surface area contributed by atoms with Gasteiger partial charge in [0.15, 0.2) is 6.19 Å². The molecule has 36 heavy (non-hydrogen) atoms. The molecule has 1 fully saturated rings. The van der Waals surface area contributed by atoms with Gasteiger partial charge in [-0.15, -0.1) is 0 Å². The maximum Gasteiger partial charge on any atom is 0.212 e. The lowest BCUT2D eigenvalue weighted by Crippen LogP contribution is -2.48. The molecule has 0 aromatic heterocycles. The first-order valence-corrected chi connectivity index (χ1v) is 12.1. The molecule has 0 amide bonds. The third kappa shape index (κ3) is 5.17. The minimum absolute atomic E-state index is 0.0162. The van der Waals surface area contributed by atoms with Gasteiger partial charge in [0.05, 0.1) is 17.9 Å². The highest BCUT2D eigenvalue weighted by atomic mass is 16.5. The molecule has 0 unspecified atom stereocenters. The van der Waals surface area contributed by atoms with Gasteiger partial charge in [-0.3, -0.25) is 5.32 Å². The summed E-state index contributed by atoms with van der Waals surface area (Å²) in [5, 5.41) is 33.6. The van der Waals surface area contributed by atoms with Crippen molar-refractivity contribution in [2.45, 2.75) is 25.4 Å². The van der Waals surface area contributed by atoms with Crippen molar-refractivity contribution in [1.29, 1.82) is 10.5 Å². The average Bonchev–Trinajstić information content (AvgIpc) is 2.94. The standard InChI is InChI=1S/C29H29N5O2/c1-2-36-27-14-13-26(19-22(27)20-30)33-28(32-21-31)34-17-15-25(16-18-34)29(35,23-9-5-3-6-10-23)24-11-7-4-8-12-24/h3-14,19,25,35H,2,15-18H2,1H3,(H,32,33). The summed E-state index contributed by atoms with van der Waals surface area (Å²) in [4.78, 5) is 6.64. The molecule has 7 heteroatoms. The Morgan fingerprint density at radius 2 is 1.64 bits per heavy atom. The molecule has 0 atom stereocenters. The number of likely N-dealkylation sites (tertiary alicyclic amines) is 1. The summed E-state index contributed by atoms with van der Waals surface area (Å²) in [6.07, 6.45) is 3.39. The van der Waals surface area contributed by atoms with Crippen LogP contribution in [0.1, 0.15) is 36.5 Å². The number of nitrogens with zero attached hydrogens (tertiary/aromatic N) is 4.